The highest BCUT2D eigenvalue weighted by atomic mass is 16.5. The molecule has 18 heavy (non-hydrogen) atoms. The van der Waals surface area contributed by atoms with Gasteiger partial charge in [0.2, 0.25) is 0 Å². The molecular formula is C16H25NO. The molecule has 0 heterocycles. The SMILES string of the molecule is COC1CC(NC(C)c2ccc(C)cc2)C1(C)C. The van der Waals surface area contributed by atoms with E-state index in [1.54, 1.807) is 0 Å². The second-order valence-corrected chi connectivity index (χ2v) is 6.13. The molecule has 1 aliphatic carbocycles. The summed E-state index contributed by atoms with van der Waals surface area (Å²) in [6, 6.07) is 9.72. The number of rotatable bonds is 4. The normalized spacial score (nSPS) is 27.6. The van der Waals surface area contributed by atoms with E-state index in [0.29, 0.717) is 18.2 Å². The van der Waals surface area contributed by atoms with Crippen LogP contribution in [0.25, 0.3) is 0 Å². The van der Waals surface area contributed by atoms with Gasteiger partial charge in [0, 0.05) is 24.6 Å². The van der Waals surface area contributed by atoms with E-state index in [2.05, 4.69) is 57.3 Å². The summed E-state index contributed by atoms with van der Waals surface area (Å²) in [5, 5.41) is 3.73. The second kappa shape index (κ2) is 5.02. The van der Waals surface area contributed by atoms with E-state index >= 15 is 0 Å². The van der Waals surface area contributed by atoms with Crippen LogP contribution >= 0.6 is 0 Å². The Labute approximate surface area is 111 Å². The number of hydrogen-bond donors (Lipinski definition) is 1. The molecule has 1 aliphatic rings. The highest BCUT2D eigenvalue weighted by Crippen LogP contribution is 2.43. The maximum Gasteiger partial charge on any atom is 0.0652 e. The Kier molecular flexibility index (Phi) is 3.79. The molecule has 3 unspecified atom stereocenters. The standard InChI is InChI=1S/C16H25NO/c1-11-6-8-13(9-7-11)12(2)17-14-10-15(18-5)16(14,3)4/h6-9,12,14-15,17H,10H2,1-5H3. The van der Waals surface area contributed by atoms with Crippen molar-refractivity contribution in [3.63, 3.8) is 0 Å². The number of ether oxygens (including phenoxy) is 1. The van der Waals surface area contributed by atoms with Crippen LogP contribution in [-0.4, -0.2) is 19.3 Å². The van der Waals surface area contributed by atoms with Gasteiger partial charge < -0.3 is 10.1 Å². The molecule has 0 radical (unpaired) electrons. The van der Waals surface area contributed by atoms with Gasteiger partial charge in [-0.25, -0.2) is 0 Å². The van der Waals surface area contributed by atoms with E-state index in [1.165, 1.54) is 11.1 Å². The van der Waals surface area contributed by atoms with E-state index in [1.807, 2.05) is 7.11 Å². The molecule has 0 saturated heterocycles. The monoisotopic (exact) mass is 247 g/mol. The molecule has 1 saturated carbocycles. The maximum atomic E-state index is 5.49. The van der Waals surface area contributed by atoms with Gasteiger partial charge in [-0.1, -0.05) is 43.7 Å². The van der Waals surface area contributed by atoms with E-state index in [-0.39, 0.29) is 5.41 Å². The van der Waals surface area contributed by atoms with E-state index in [4.69, 9.17) is 4.74 Å². The summed E-state index contributed by atoms with van der Waals surface area (Å²) in [4.78, 5) is 0. The first kappa shape index (κ1) is 13.6. The summed E-state index contributed by atoms with van der Waals surface area (Å²) in [7, 11) is 1.81. The van der Waals surface area contributed by atoms with Crippen molar-refractivity contribution in [2.45, 2.75) is 52.3 Å². The van der Waals surface area contributed by atoms with Gasteiger partial charge in [0.05, 0.1) is 6.10 Å². The molecule has 1 N–H and O–H groups in total. The van der Waals surface area contributed by atoms with Crippen LogP contribution in [-0.2, 0) is 4.74 Å². The molecule has 2 nitrogen and oxygen atoms in total. The van der Waals surface area contributed by atoms with Crippen LogP contribution in [0.2, 0.25) is 0 Å². The highest BCUT2D eigenvalue weighted by Gasteiger charge is 2.48. The first-order valence-corrected chi connectivity index (χ1v) is 6.80. The molecular weight excluding hydrogens is 222 g/mol. The molecule has 1 aromatic rings. The van der Waals surface area contributed by atoms with Crippen molar-refractivity contribution in [3.05, 3.63) is 35.4 Å². The molecule has 2 heteroatoms. The summed E-state index contributed by atoms with van der Waals surface area (Å²) in [6.07, 6.45) is 1.50. The van der Waals surface area contributed by atoms with E-state index < -0.39 is 0 Å². The minimum atomic E-state index is 0.230. The fraction of sp³-hybridized carbons (Fsp3) is 0.625. The van der Waals surface area contributed by atoms with Gasteiger partial charge in [0.15, 0.2) is 0 Å². The van der Waals surface area contributed by atoms with Crippen LogP contribution in [0.3, 0.4) is 0 Å². The Morgan fingerprint density at radius 3 is 2.39 bits per heavy atom. The lowest BCUT2D eigenvalue weighted by Gasteiger charge is -2.52. The molecule has 0 spiro atoms. The molecule has 3 atom stereocenters. The van der Waals surface area contributed by atoms with Gasteiger partial charge in [0.1, 0.15) is 0 Å². The predicted molar refractivity (Wildman–Crippen MR) is 75.7 cm³/mol. The second-order valence-electron chi connectivity index (χ2n) is 6.13. The van der Waals surface area contributed by atoms with Crippen LogP contribution in [0.1, 0.15) is 44.4 Å². The Bertz CT molecular complexity index is 396. The van der Waals surface area contributed by atoms with Crippen molar-refractivity contribution >= 4 is 0 Å². The average molecular weight is 247 g/mol. The van der Waals surface area contributed by atoms with Crippen molar-refractivity contribution in [2.75, 3.05) is 7.11 Å². The zero-order chi connectivity index (χ0) is 13.3. The largest absolute Gasteiger partial charge is 0.381 e. The number of methoxy groups -OCH3 is 1. The highest BCUT2D eigenvalue weighted by molar-refractivity contribution is 5.24. The lowest BCUT2D eigenvalue weighted by molar-refractivity contribution is -0.0999. The van der Waals surface area contributed by atoms with Gasteiger partial charge >= 0.3 is 0 Å². The fourth-order valence-corrected chi connectivity index (χ4v) is 2.82. The quantitative estimate of drug-likeness (QED) is 0.879. The van der Waals surface area contributed by atoms with E-state index in [9.17, 15) is 0 Å². The Hall–Kier alpha value is -0.860. The molecule has 0 aromatic heterocycles. The smallest absolute Gasteiger partial charge is 0.0652 e. The first-order valence-electron chi connectivity index (χ1n) is 6.80. The molecule has 1 fully saturated rings. The van der Waals surface area contributed by atoms with Crippen molar-refractivity contribution in [1.29, 1.82) is 0 Å². The van der Waals surface area contributed by atoms with Crippen LogP contribution in [0.4, 0.5) is 0 Å². The Balaban J connectivity index is 1.97. The minimum Gasteiger partial charge on any atom is -0.381 e. The first-order chi connectivity index (χ1) is 8.45. The van der Waals surface area contributed by atoms with Gasteiger partial charge in [-0.15, -0.1) is 0 Å². The third kappa shape index (κ3) is 2.45. The van der Waals surface area contributed by atoms with Crippen LogP contribution in [0, 0.1) is 12.3 Å². The zero-order valence-electron chi connectivity index (χ0n) is 12.2. The van der Waals surface area contributed by atoms with Crippen LogP contribution < -0.4 is 5.32 Å². The van der Waals surface area contributed by atoms with Crippen LogP contribution in [0.5, 0.6) is 0 Å². The van der Waals surface area contributed by atoms with E-state index in [0.717, 1.165) is 6.42 Å². The molecule has 0 aliphatic heterocycles. The average Bonchev–Trinajstić information content (AvgIpc) is 2.34. The number of benzene rings is 1. The van der Waals surface area contributed by atoms with Crippen LogP contribution in [0.15, 0.2) is 24.3 Å². The molecule has 0 bridgehead atoms. The Morgan fingerprint density at radius 2 is 1.89 bits per heavy atom. The minimum absolute atomic E-state index is 0.230. The lowest BCUT2D eigenvalue weighted by atomic mass is 9.64. The summed E-state index contributed by atoms with van der Waals surface area (Å²) in [6.45, 7) is 8.93. The third-order valence-corrected chi connectivity index (χ3v) is 4.49. The van der Waals surface area contributed by atoms with Crippen molar-refractivity contribution in [3.8, 4) is 0 Å². The topological polar surface area (TPSA) is 21.3 Å². The number of nitrogens with one attached hydrogen (secondary N) is 1. The lowest BCUT2D eigenvalue weighted by Crippen LogP contribution is -2.60. The molecule has 0 amide bonds. The van der Waals surface area contributed by atoms with Gasteiger partial charge in [0.25, 0.3) is 0 Å². The number of hydrogen-bond acceptors (Lipinski definition) is 2. The van der Waals surface area contributed by atoms with Gasteiger partial charge in [-0.3, -0.25) is 0 Å². The van der Waals surface area contributed by atoms with Crippen molar-refractivity contribution in [1.82, 2.24) is 5.32 Å². The Morgan fingerprint density at radius 1 is 1.28 bits per heavy atom. The van der Waals surface area contributed by atoms with Gasteiger partial charge in [-0.05, 0) is 25.8 Å². The van der Waals surface area contributed by atoms with Gasteiger partial charge in [-0.2, -0.15) is 0 Å². The van der Waals surface area contributed by atoms with Crippen molar-refractivity contribution in [2.24, 2.45) is 5.41 Å². The third-order valence-electron chi connectivity index (χ3n) is 4.49. The summed E-state index contributed by atoms with van der Waals surface area (Å²) >= 11 is 0. The fourth-order valence-electron chi connectivity index (χ4n) is 2.82. The molecule has 100 valence electrons. The molecule has 2 rings (SSSR count). The zero-order valence-corrected chi connectivity index (χ0v) is 12.2. The summed E-state index contributed by atoms with van der Waals surface area (Å²) in [5.74, 6) is 0. The maximum absolute atomic E-state index is 5.49. The van der Waals surface area contributed by atoms with Crippen molar-refractivity contribution < 1.29 is 4.74 Å². The predicted octanol–water partition coefficient (Wildman–Crippen LogP) is 3.46. The number of aryl methyl sites for hydroxylation is 1. The molecule has 1 aromatic carbocycles. The summed E-state index contributed by atoms with van der Waals surface area (Å²) in [5.41, 5.74) is 2.90. The summed E-state index contributed by atoms with van der Waals surface area (Å²) < 4.78 is 5.49.